The average Bonchev–Trinajstić information content (AvgIpc) is 3.06. The summed E-state index contributed by atoms with van der Waals surface area (Å²) >= 11 is 0. The van der Waals surface area contributed by atoms with Crippen LogP contribution in [0.5, 0.6) is 0 Å². The molecule has 1 aromatic carbocycles. The van der Waals surface area contributed by atoms with Gasteiger partial charge < -0.3 is 20.4 Å². The van der Waals surface area contributed by atoms with E-state index in [1.54, 1.807) is 6.33 Å². The molecule has 0 radical (unpaired) electrons. The molecule has 3 N–H and O–H groups in total. The van der Waals surface area contributed by atoms with E-state index in [9.17, 15) is 4.79 Å². The number of aromatic amines is 1. The van der Waals surface area contributed by atoms with Crippen molar-refractivity contribution >= 4 is 22.8 Å². The number of carbonyl (C=O) groups excluding carboxylic acids is 1. The van der Waals surface area contributed by atoms with Gasteiger partial charge in [-0.25, -0.2) is 9.78 Å². The lowest BCUT2D eigenvalue weighted by atomic mass is 10.1. The third kappa shape index (κ3) is 3.85. The van der Waals surface area contributed by atoms with Crippen molar-refractivity contribution < 1.29 is 9.53 Å². The maximum Gasteiger partial charge on any atom is 0.319 e. The molecular formula is C17H25N5O2. The zero-order valence-electron chi connectivity index (χ0n) is 14.3. The van der Waals surface area contributed by atoms with Crippen LogP contribution in [0, 0.1) is 13.8 Å². The number of carbonyl (C=O) groups is 1. The highest BCUT2D eigenvalue weighted by Gasteiger charge is 2.12. The van der Waals surface area contributed by atoms with E-state index < -0.39 is 0 Å². The topological polar surface area (TPSA) is 82.3 Å². The number of morpholine rings is 1. The van der Waals surface area contributed by atoms with E-state index in [0.717, 1.165) is 67.1 Å². The summed E-state index contributed by atoms with van der Waals surface area (Å²) in [4.78, 5) is 21.9. The number of hydrogen-bond acceptors (Lipinski definition) is 4. The molecule has 0 aliphatic carbocycles. The number of benzene rings is 1. The molecule has 3 rings (SSSR count). The summed E-state index contributed by atoms with van der Waals surface area (Å²) in [7, 11) is 0. The molecule has 0 saturated carbocycles. The van der Waals surface area contributed by atoms with E-state index in [-0.39, 0.29) is 6.03 Å². The second kappa shape index (κ2) is 7.63. The highest BCUT2D eigenvalue weighted by atomic mass is 16.5. The molecule has 1 fully saturated rings. The summed E-state index contributed by atoms with van der Waals surface area (Å²) in [6.07, 6.45) is 2.61. The maximum atomic E-state index is 12.1. The first kappa shape index (κ1) is 16.7. The van der Waals surface area contributed by atoms with Gasteiger partial charge in [0.15, 0.2) is 0 Å². The molecule has 0 bridgehead atoms. The standard InChI is InChI=1S/C17H25N5O2/c1-12-13(2)16-15(19-11-20-16)10-14(12)21-17(23)18-4-3-5-22-6-8-24-9-7-22/h10-11H,3-9H2,1-2H3,(H,19,20)(H2,18,21,23). The average molecular weight is 331 g/mol. The largest absolute Gasteiger partial charge is 0.379 e. The zero-order valence-corrected chi connectivity index (χ0v) is 14.3. The molecule has 24 heavy (non-hydrogen) atoms. The highest BCUT2D eigenvalue weighted by Crippen LogP contribution is 2.25. The summed E-state index contributed by atoms with van der Waals surface area (Å²) in [5.74, 6) is 0. The lowest BCUT2D eigenvalue weighted by Crippen LogP contribution is -2.38. The molecule has 1 aromatic heterocycles. The van der Waals surface area contributed by atoms with Crippen LogP contribution in [0.4, 0.5) is 10.5 Å². The Bertz CT molecular complexity index is 706. The number of H-pyrrole nitrogens is 1. The van der Waals surface area contributed by atoms with Gasteiger partial charge in [-0.05, 0) is 44.0 Å². The molecule has 0 atom stereocenters. The highest BCUT2D eigenvalue weighted by molar-refractivity contribution is 5.94. The number of ether oxygens (including phenoxy) is 1. The first-order valence-electron chi connectivity index (χ1n) is 8.43. The number of amides is 2. The van der Waals surface area contributed by atoms with Crippen LogP contribution in [0.1, 0.15) is 17.5 Å². The van der Waals surface area contributed by atoms with Crippen LogP contribution in [0.15, 0.2) is 12.4 Å². The predicted molar refractivity (Wildman–Crippen MR) is 94.5 cm³/mol. The molecule has 0 spiro atoms. The Morgan fingerprint density at radius 1 is 1.33 bits per heavy atom. The van der Waals surface area contributed by atoms with E-state index >= 15 is 0 Å². The maximum absolute atomic E-state index is 12.1. The first-order chi connectivity index (χ1) is 11.6. The molecule has 0 unspecified atom stereocenters. The molecular weight excluding hydrogens is 306 g/mol. The second-order valence-electron chi connectivity index (χ2n) is 6.16. The van der Waals surface area contributed by atoms with Gasteiger partial charge in [0, 0.05) is 25.3 Å². The number of aromatic nitrogens is 2. The summed E-state index contributed by atoms with van der Waals surface area (Å²) in [5, 5.41) is 5.87. The molecule has 2 aromatic rings. The van der Waals surface area contributed by atoms with Gasteiger partial charge in [-0.3, -0.25) is 4.90 Å². The van der Waals surface area contributed by atoms with Gasteiger partial charge in [-0.1, -0.05) is 0 Å². The van der Waals surface area contributed by atoms with E-state index in [1.165, 1.54) is 0 Å². The molecule has 1 aliphatic heterocycles. The second-order valence-corrected chi connectivity index (χ2v) is 6.16. The normalized spacial score (nSPS) is 15.6. The quantitative estimate of drug-likeness (QED) is 0.732. The van der Waals surface area contributed by atoms with Crippen molar-refractivity contribution in [3.8, 4) is 0 Å². The molecule has 7 heteroatoms. The van der Waals surface area contributed by atoms with Gasteiger partial charge in [0.05, 0.1) is 30.6 Å². The van der Waals surface area contributed by atoms with Crippen molar-refractivity contribution in [2.45, 2.75) is 20.3 Å². The summed E-state index contributed by atoms with van der Waals surface area (Å²) in [6.45, 7) is 9.24. The van der Waals surface area contributed by atoms with Crippen LogP contribution in [0.25, 0.3) is 11.0 Å². The van der Waals surface area contributed by atoms with E-state index in [1.807, 2.05) is 19.9 Å². The summed E-state index contributed by atoms with van der Waals surface area (Å²) < 4.78 is 5.33. The smallest absolute Gasteiger partial charge is 0.319 e. The summed E-state index contributed by atoms with van der Waals surface area (Å²) in [5.41, 5.74) is 4.81. The number of urea groups is 1. The number of rotatable bonds is 5. The zero-order chi connectivity index (χ0) is 16.9. The van der Waals surface area contributed by atoms with E-state index in [4.69, 9.17) is 4.74 Å². The SMILES string of the molecule is Cc1c(NC(=O)NCCCN2CCOCC2)cc2[nH]cnc2c1C. The third-order valence-electron chi connectivity index (χ3n) is 4.57. The third-order valence-corrected chi connectivity index (χ3v) is 4.57. The molecule has 1 aliphatic rings. The minimum Gasteiger partial charge on any atom is -0.379 e. The van der Waals surface area contributed by atoms with Crippen molar-refractivity contribution in [2.75, 3.05) is 44.7 Å². The van der Waals surface area contributed by atoms with Crippen LogP contribution >= 0.6 is 0 Å². The Hall–Kier alpha value is -2.12. The number of fused-ring (bicyclic) bond motifs is 1. The minimum atomic E-state index is -0.168. The van der Waals surface area contributed by atoms with Crippen LogP contribution in [0.3, 0.4) is 0 Å². The lowest BCUT2D eigenvalue weighted by Gasteiger charge is -2.26. The predicted octanol–water partition coefficient (Wildman–Crippen LogP) is 2.02. The Morgan fingerprint density at radius 3 is 2.92 bits per heavy atom. The van der Waals surface area contributed by atoms with Crippen molar-refractivity contribution in [1.29, 1.82) is 0 Å². The molecule has 2 amide bonds. The lowest BCUT2D eigenvalue weighted by molar-refractivity contribution is 0.0375. The van der Waals surface area contributed by atoms with Gasteiger partial charge in [-0.15, -0.1) is 0 Å². The number of aryl methyl sites for hydroxylation is 1. The van der Waals surface area contributed by atoms with Gasteiger partial charge in [0.25, 0.3) is 0 Å². The number of hydrogen-bond donors (Lipinski definition) is 3. The number of nitrogens with one attached hydrogen (secondary N) is 3. The monoisotopic (exact) mass is 331 g/mol. The van der Waals surface area contributed by atoms with Crippen LogP contribution in [0.2, 0.25) is 0 Å². The van der Waals surface area contributed by atoms with E-state index in [2.05, 4.69) is 25.5 Å². The Kier molecular flexibility index (Phi) is 5.32. The van der Waals surface area contributed by atoms with Gasteiger partial charge in [0.1, 0.15) is 0 Å². The summed E-state index contributed by atoms with van der Waals surface area (Å²) in [6, 6.07) is 1.76. The van der Waals surface area contributed by atoms with E-state index in [0.29, 0.717) is 6.54 Å². The molecule has 130 valence electrons. The van der Waals surface area contributed by atoms with Gasteiger partial charge in [0.2, 0.25) is 0 Å². The van der Waals surface area contributed by atoms with Crippen LogP contribution in [-0.4, -0.2) is 60.3 Å². The number of anilines is 1. The molecule has 1 saturated heterocycles. The fourth-order valence-corrected chi connectivity index (χ4v) is 2.97. The van der Waals surface area contributed by atoms with Crippen molar-refractivity contribution in [1.82, 2.24) is 20.2 Å². The first-order valence-corrected chi connectivity index (χ1v) is 8.43. The van der Waals surface area contributed by atoms with Crippen LogP contribution in [-0.2, 0) is 4.74 Å². The Balaban J connectivity index is 1.49. The van der Waals surface area contributed by atoms with Gasteiger partial charge >= 0.3 is 6.03 Å². The fourth-order valence-electron chi connectivity index (χ4n) is 2.97. The minimum absolute atomic E-state index is 0.168. The van der Waals surface area contributed by atoms with Crippen molar-refractivity contribution in [3.05, 3.63) is 23.5 Å². The molecule has 2 heterocycles. The molecule has 7 nitrogen and oxygen atoms in total. The van der Waals surface area contributed by atoms with Gasteiger partial charge in [-0.2, -0.15) is 0 Å². The van der Waals surface area contributed by atoms with Crippen molar-refractivity contribution in [3.63, 3.8) is 0 Å². The fraction of sp³-hybridized carbons (Fsp3) is 0.529. The van der Waals surface area contributed by atoms with Crippen LogP contribution < -0.4 is 10.6 Å². The Morgan fingerprint density at radius 2 is 2.12 bits per heavy atom. The Labute approximate surface area is 141 Å². The van der Waals surface area contributed by atoms with Crippen molar-refractivity contribution in [2.24, 2.45) is 0 Å². The number of nitrogens with zero attached hydrogens (tertiary/aromatic N) is 2. The number of imidazole rings is 1.